The van der Waals surface area contributed by atoms with Crippen molar-refractivity contribution >= 4 is 5.69 Å². The summed E-state index contributed by atoms with van der Waals surface area (Å²) in [5.74, 6) is 1.80. The number of tetrazole rings is 1. The molecule has 0 aliphatic carbocycles. The Hall–Kier alpha value is -2.93. The van der Waals surface area contributed by atoms with Gasteiger partial charge in [0.2, 0.25) is 0 Å². The largest absolute Gasteiger partial charge is 0.497 e. The molecule has 1 atom stereocenters. The van der Waals surface area contributed by atoms with Crippen LogP contribution in [-0.4, -0.2) is 58.4 Å². The number of anilines is 1. The molecule has 2 aromatic carbocycles. The van der Waals surface area contributed by atoms with E-state index < -0.39 is 0 Å². The summed E-state index contributed by atoms with van der Waals surface area (Å²) in [6.45, 7) is 10.3. The lowest BCUT2D eigenvalue weighted by Crippen LogP contribution is -2.48. The van der Waals surface area contributed by atoms with Gasteiger partial charge in [-0.25, -0.2) is 4.68 Å². The predicted octanol–water partition coefficient (Wildman–Crippen LogP) is 3.74. The molecule has 0 saturated carbocycles. The number of rotatable bonds is 7. The third-order valence-electron chi connectivity index (χ3n) is 6.41. The van der Waals surface area contributed by atoms with E-state index in [0.717, 1.165) is 44.2 Å². The van der Waals surface area contributed by atoms with Crippen LogP contribution in [0.25, 0.3) is 0 Å². The second-order valence-electron chi connectivity index (χ2n) is 8.65. The number of hydrogen-bond donors (Lipinski definition) is 0. The standard InChI is InChI=1S/C24H32N6O/c1-5-24(2,3)30-23(25-26-27-30)22(19-9-7-6-8-10-19)29-17-15-28(16-18-29)20-11-13-21(31-4)14-12-20/h6-14,22H,5,15-18H2,1-4H3/t22-/m1/s1. The monoisotopic (exact) mass is 420 g/mol. The molecular weight excluding hydrogens is 388 g/mol. The summed E-state index contributed by atoms with van der Waals surface area (Å²) in [5, 5.41) is 13.0. The highest BCUT2D eigenvalue weighted by atomic mass is 16.5. The van der Waals surface area contributed by atoms with Crippen LogP contribution in [0.2, 0.25) is 0 Å². The summed E-state index contributed by atoms with van der Waals surface area (Å²) in [7, 11) is 1.70. The van der Waals surface area contributed by atoms with E-state index in [1.807, 2.05) is 16.8 Å². The van der Waals surface area contributed by atoms with Crippen molar-refractivity contribution in [3.05, 3.63) is 66.0 Å². The van der Waals surface area contributed by atoms with E-state index in [9.17, 15) is 0 Å². The lowest BCUT2D eigenvalue weighted by atomic mass is 9.99. The first kappa shape index (κ1) is 21.3. The van der Waals surface area contributed by atoms with Crippen molar-refractivity contribution in [1.29, 1.82) is 0 Å². The number of methoxy groups -OCH3 is 1. The third-order valence-corrected chi connectivity index (χ3v) is 6.41. The normalized spacial score (nSPS) is 16.3. The quantitative estimate of drug-likeness (QED) is 0.580. The average Bonchev–Trinajstić information content (AvgIpc) is 3.31. The lowest BCUT2D eigenvalue weighted by Gasteiger charge is -2.40. The maximum Gasteiger partial charge on any atom is 0.173 e. The fourth-order valence-electron chi connectivity index (χ4n) is 4.14. The van der Waals surface area contributed by atoms with Gasteiger partial charge in [0, 0.05) is 31.9 Å². The molecule has 0 spiro atoms. The minimum Gasteiger partial charge on any atom is -0.497 e. The van der Waals surface area contributed by atoms with Crippen LogP contribution in [0.15, 0.2) is 54.6 Å². The molecule has 0 unspecified atom stereocenters. The smallest absolute Gasteiger partial charge is 0.173 e. The topological polar surface area (TPSA) is 59.3 Å². The van der Waals surface area contributed by atoms with Gasteiger partial charge in [0.1, 0.15) is 5.75 Å². The van der Waals surface area contributed by atoms with E-state index in [1.165, 1.54) is 11.3 Å². The van der Waals surface area contributed by atoms with Crippen LogP contribution < -0.4 is 9.64 Å². The van der Waals surface area contributed by atoms with Crippen molar-refractivity contribution in [2.75, 3.05) is 38.2 Å². The van der Waals surface area contributed by atoms with Crippen molar-refractivity contribution in [2.45, 2.75) is 38.8 Å². The lowest BCUT2D eigenvalue weighted by molar-refractivity contribution is 0.187. The average molecular weight is 421 g/mol. The highest BCUT2D eigenvalue weighted by molar-refractivity contribution is 5.49. The molecule has 1 fully saturated rings. The Morgan fingerprint density at radius 1 is 0.968 bits per heavy atom. The van der Waals surface area contributed by atoms with Crippen molar-refractivity contribution in [3.63, 3.8) is 0 Å². The molecule has 4 rings (SSSR count). The van der Waals surface area contributed by atoms with Gasteiger partial charge >= 0.3 is 0 Å². The van der Waals surface area contributed by atoms with Gasteiger partial charge in [-0.1, -0.05) is 37.3 Å². The second kappa shape index (κ2) is 9.06. The molecule has 1 aliphatic heterocycles. The van der Waals surface area contributed by atoms with Crippen LogP contribution in [0.4, 0.5) is 5.69 Å². The second-order valence-corrected chi connectivity index (χ2v) is 8.65. The third kappa shape index (κ3) is 4.42. The summed E-state index contributed by atoms with van der Waals surface area (Å²) < 4.78 is 7.31. The zero-order valence-corrected chi connectivity index (χ0v) is 18.9. The minimum atomic E-state index is -0.142. The fourth-order valence-corrected chi connectivity index (χ4v) is 4.14. The Balaban J connectivity index is 1.59. The van der Waals surface area contributed by atoms with Crippen LogP contribution in [0.1, 0.15) is 44.6 Å². The number of hydrogen-bond acceptors (Lipinski definition) is 6. The van der Waals surface area contributed by atoms with Crippen molar-refractivity contribution in [1.82, 2.24) is 25.1 Å². The first-order valence-electron chi connectivity index (χ1n) is 11.0. The summed E-state index contributed by atoms with van der Waals surface area (Å²) in [4.78, 5) is 4.93. The maximum atomic E-state index is 5.30. The zero-order chi connectivity index (χ0) is 21.8. The Morgan fingerprint density at radius 3 is 2.26 bits per heavy atom. The predicted molar refractivity (Wildman–Crippen MR) is 122 cm³/mol. The van der Waals surface area contributed by atoms with E-state index in [2.05, 4.69) is 88.6 Å². The van der Waals surface area contributed by atoms with Gasteiger partial charge in [0.25, 0.3) is 0 Å². The molecule has 3 aromatic rings. The number of aromatic nitrogens is 4. The molecule has 31 heavy (non-hydrogen) atoms. The molecule has 2 heterocycles. The molecule has 0 N–H and O–H groups in total. The molecule has 0 amide bonds. The summed E-state index contributed by atoms with van der Waals surface area (Å²) in [6, 6.07) is 18.9. The van der Waals surface area contributed by atoms with Crippen LogP contribution in [0.3, 0.4) is 0 Å². The van der Waals surface area contributed by atoms with Crippen molar-refractivity contribution < 1.29 is 4.74 Å². The number of piperazine rings is 1. The molecule has 1 aromatic heterocycles. The fraction of sp³-hybridized carbons (Fsp3) is 0.458. The summed E-state index contributed by atoms with van der Waals surface area (Å²) in [6.07, 6.45) is 0.956. The first-order chi connectivity index (χ1) is 15.0. The van der Waals surface area contributed by atoms with Crippen LogP contribution in [-0.2, 0) is 5.54 Å². The minimum absolute atomic E-state index is 0.0278. The van der Waals surface area contributed by atoms with E-state index >= 15 is 0 Å². The molecule has 164 valence electrons. The van der Waals surface area contributed by atoms with Gasteiger partial charge < -0.3 is 9.64 Å². The zero-order valence-electron chi connectivity index (χ0n) is 18.9. The van der Waals surface area contributed by atoms with Crippen LogP contribution in [0, 0.1) is 0 Å². The molecule has 1 saturated heterocycles. The Labute approximate surface area is 184 Å². The Bertz CT molecular complexity index is 961. The van der Waals surface area contributed by atoms with E-state index in [4.69, 9.17) is 4.74 Å². The van der Waals surface area contributed by atoms with E-state index in [-0.39, 0.29) is 11.6 Å². The van der Waals surface area contributed by atoms with E-state index in [1.54, 1.807) is 7.11 Å². The highest BCUT2D eigenvalue weighted by Gasteiger charge is 2.34. The van der Waals surface area contributed by atoms with Gasteiger partial charge in [0.15, 0.2) is 5.82 Å². The number of benzene rings is 2. The van der Waals surface area contributed by atoms with Crippen LogP contribution >= 0.6 is 0 Å². The first-order valence-corrected chi connectivity index (χ1v) is 11.0. The number of nitrogens with zero attached hydrogens (tertiary/aromatic N) is 6. The molecule has 1 aliphatic rings. The van der Waals surface area contributed by atoms with Gasteiger partial charge in [-0.3, -0.25) is 4.90 Å². The van der Waals surface area contributed by atoms with Gasteiger partial charge in [-0.2, -0.15) is 0 Å². The Morgan fingerprint density at radius 2 is 1.65 bits per heavy atom. The van der Waals surface area contributed by atoms with Gasteiger partial charge in [0.05, 0.1) is 18.7 Å². The Kier molecular flexibility index (Phi) is 6.23. The SMILES string of the molecule is CCC(C)(C)n1nnnc1[C@@H](c1ccccc1)N1CCN(c2ccc(OC)cc2)CC1. The summed E-state index contributed by atoms with van der Waals surface area (Å²) >= 11 is 0. The summed E-state index contributed by atoms with van der Waals surface area (Å²) in [5.41, 5.74) is 2.31. The number of ether oxygens (including phenoxy) is 1. The molecule has 0 bridgehead atoms. The van der Waals surface area contributed by atoms with Crippen molar-refractivity contribution in [2.24, 2.45) is 0 Å². The molecule has 7 heteroatoms. The van der Waals surface area contributed by atoms with Gasteiger partial charge in [-0.15, -0.1) is 5.10 Å². The molecular formula is C24H32N6O. The van der Waals surface area contributed by atoms with E-state index in [0.29, 0.717) is 0 Å². The molecule has 0 radical (unpaired) electrons. The van der Waals surface area contributed by atoms with Crippen molar-refractivity contribution in [3.8, 4) is 5.75 Å². The van der Waals surface area contributed by atoms with Crippen LogP contribution in [0.5, 0.6) is 5.75 Å². The molecule has 7 nitrogen and oxygen atoms in total. The van der Waals surface area contributed by atoms with Gasteiger partial charge in [-0.05, 0) is 60.5 Å². The highest BCUT2D eigenvalue weighted by Crippen LogP contribution is 2.32. The maximum absolute atomic E-state index is 5.30.